The Labute approximate surface area is 139 Å². The predicted molar refractivity (Wildman–Crippen MR) is 93.9 cm³/mol. The van der Waals surface area contributed by atoms with Crippen molar-refractivity contribution in [3.8, 4) is 11.4 Å². The number of rotatable bonds is 3. The Bertz CT molecular complexity index is 798. The molecule has 0 aliphatic heterocycles. The molecule has 2 aromatic heterocycles. The number of benzene rings is 1. The lowest BCUT2D eigenvalue weighted by atomic mass is 10.0. The van der Waals surface area contributed by atoms with Crippen LogP contribution < -0.4 is 0 Å². The summed E-state index contributed by atoms with van der Waals surface area (Å²) in [5, 5.41) is 0. The fourth-order valence-corrected chi connectivity index (χ4v) is 3.15. The van der Waals surface area contributed by atoms with Gasteiger partial charge in [0.1, 0.15) is 5.69 Å². The molecule has 0 bridgehead atoms. The van der Waals surface area contributed by atoms with E-state index in [4.69, 9.17) is 0 Å². The number of nitrogens with zero attached hydrogens (tertiary/aromatic N) is 2. The van der Waals surface area contributed by atoms with Crippen LogP contribution in [0.15, 0.2) is 59.3 Å². The number of pyridine rings is 2. The first-order chi connectivity index (χ1) is 10.6. The summed E-state index contributed by atoms with van der Waals surface area (Å²) in [7, 11) is 0. The molecule has 0 saturated heterocycles. The smallest absolute Gasteiger partial charge is 0.103 e. The molecule has 0 unspecified atom stereocenters. The van der Waals surface area contributed by atoms with E-state index in [2.05, 4.69) is 69.2 Å². The highest BCUT2D eigenvalue weighted by molar-refractivity contribution is 9.10. The molecule has 0 spiro atoms. The second-order valence-corrected chi connectivity index (χ2v) is 6.38. The molecule has 0 aliphatic rings. The van der Waals surface area contributed by atoms with Crippen LogP contribution in [0, 0.1) is 13.8 Å². The summed E-state index contributed by atoms with van der Waals surface area (Å²) >= 11 is 3.62. The lowest BCUT2D eigenvalue weighted by molar-refractivity contribution is 1.11. The van der Waals surface area contributed by atoms with Crippen LogP contribution in [0.4, 0.5) is 0 Å². The fourth-order valence-electron chi connectivity index (χ4n) is 2.50. The van der Waals surface area contributed by atoms with E-state index in [1.807, 2.05) is 25.4 Å². The van der Waals surface area contributed by atoms with E-state index in [9.17, 15) is 0 Å². The van der Waals surface area contributed by atoms with Gasteiger partial charge in [-0.2, -0.15) is 0 Å². The summed E-state index contributed by atoms with van der Waals surface area (Å²) in [4.78, 5) is 9.21. The third kappa shape index (κ3) is 3.25. The predicted octanol–water partition coefficient (Wildman–Crippen LogP) is 5.11. The Morgan fingerprint density at radius 2 is 1.50 bits per heavy atom. The summed E-state index contributed by atoms with van der Waals surface area (Å²) in [6, 6.07) is 14.7. The zero-order valence-corrected chi connectivity index (χ0v) is 14.3. The third-order valence-electron chi connectivity index (χ3n) is 3.54. The lowest BCUT2D eigenvalue weighted by Crippen LogP contribution is -1.99. The summed E-state index contributed by atoms with van der Waals surface area (Å²) in [5.74, 6) is 0. The molecule has 0 saturated carbocycles. The normalized spacial score (nSPS) is 10.7. The van der Waals surface area contributed by atoms with Gasteiger partial charge in [0, 0.05) is 16.9 Å². The van der Waals surface area contributed by atoms with Crippen molar-refractivity contribution in [2.45, 2.75) is 20.3 Å². The second-order valence-electron chi connectivity index (χ2n) is 5.53. The van der Waals surface area contributed by atoms with Crippen LogP contribution in [-0.4, -0.2) is 9.97 Å². The van der Waals surface area contributed by atoms with Crippen molar-refractivity contribution in [1.29, 1.82) is 0 Å². The van der Waals surface area contributed by atoms with Gasteiger partial charge in [0.05, 0.1) is 5.69 Å². The average molecular weight is 353 g/mol. The zero-order chi connectivity index (χ0) is 15.5. The minimum absolute atomic E-state index is 0.854. The molecule has 0 radical (unpaired) electrons. The van der Waals surface area contributed by atoms with Gasteiger partial charge < -0.3 is 0 Å². The fraction of sp³-hybridized carbons (Fsp3) is 0.158. The molecule has 0 aliphatic carbocycles. The number of aryl methyl sites for hydroxylation is 2. The van der Waals surface area contributed by atoms with Gasteiger partial charge in [0.25, 0.3) is 0 Å². The van der Waals surface area contributed by atoms with Crippen LogP contribution in [0.3, 0.4) is 0 Å². The van der Waals surface area contributed by atoms with Crippen LogP contribution >= 0.6 is 15.9 Å². The highest BCUT2D eigenvalue weighted by atomic mass is 79.9. The van der Waals surface area contributed by atoms with Gasteiger partial charge in [-0.05, 0) is 64.5 Å². The summed E-state index contributed by atoms with van der Waals surface area (Å²) < 4.78 is 0.984. The molecule has 110 valence electrons. The molecule has 2 nitrogen and oxygen atoms in total. The largest absolute Gasteiger partial charge is 0.254 e. The van der Waals surface area contributed by atoms with E-state index in [-0.39, 0.29) is 0 Å². The van der Waals surface area contributed by atoms with Gasteiger partial charge in [-0.15, -0.1) is 0 Å². The molecule has 0 atom stereocenters. The molecule has 0 fully saturated rings. The van der Waals surface area contributed by atoms with E-state index >= 15 is 0 Å². The maximum Gasteiger partial charge on any atom is 0.103 e. The van der Waals surface area contributed by atoms with Crippen molar-refractivity contribution in [3.63, 3.8) is 0 Å². The van der Waals surface area contributed by atoms with Crippen LogP contribution in [0.1, 0.15) is 22.3 Å². The summed E-state index contributed by atoms with van der Waals surface area (Å²) in [5.41, 5.74) is 6.62. The molecular formula is C19H17BrN2. The second kappa shape index (κ2) is 6.41. The molecule has 1 aromatic carbocycles. The van der Waals surface area contributed by atoms with Crippen molar-refractivity contribution in [3.05, 3.63) is 81.6 Å². The minimum Gasteiger partial charge on any atom is -0.254 e. The average Bonchev–Trinajstić information content (AvgIpc) is 2.49. The van der Waals surface area contributed by atoms with Crippen molar-refractivity contribution in [1.82, 2.24) is 9.97 Å². The van der Waals surface area contributed by atoms with E-state index in [0.29, 0.717) is 0 Å². The van der Waals surface area contributed by atoms with Gasteiger partial charge >= 0.3 is 0 Å². The van der Waals surface area contributed by atoms with Crippen molar-refractivity contribution >= 4 is 15.9 Å². The number of hydrogen-bond acceptors (Lipinski definition) is 2. The standard InChI is InChI=1S/C19H17BrN2/c1-13-8-16(10-15-6-4-3-5-7-15)18(21-11-13)19-17(20)9-14(2)12-22-19/h3-9,11-12H,10H2,1-2H3. The number of halogens is 1. The highest BCUT2D eigenvalue weighted by Crippen LogP contribution is 2.29. The topological polar surface area (TPSA) is 25.8 Å². The summed E-state index contributed by atoms with van der Waals surface area (Å²) in [6.07, 6.45) is 4.64. The highest BCUT2D eigenvalue weighted by Gasteiger charge is 2.12. The molecular weight excluding hydrogens is 336 g/mol. The molecule has 0 N–H and O–H groups in total. The SMILES string of the molecule is Cc1cnc(-c2ncc(C)cc2Cc2ccccc2)c(Br)c1. The van der Waals surface area contributed by atoms with Crippen LogP contribution in [0.2, 0.25) is 0 Å². The minimum atomic E-state index is 0.854. The molecule has 3 rings (SSSR count). The van der Waals surface area contributed by atoms with Gasteiger partial charge in [0.2, 0.25) is 0 Å². The van der Waals surface area contributed by atoms with Crippen molar-refractivity contribution < 1.29 is 0 Å². The number of hydrogen-bond donors (Lipinski definition) is 0. The third-order valence-corrected chi connectivity index (χ3v) is 4.15. The molecule has 0 amide bonds. The number of aromatic nitrogens is 2. The maximum absolute atomic E-state index is 4.64. The van der Waals surface area contributed by atoms with Crippen LogP contribution in [-0.2, 0) is 6.42 Å². The van der Waals surface area contributed by atoms with Gasteiger partial charge in [-0.25, -0.2) is 0 Å². The first kappa shape index (κ1) is 14.9. The zero-order valence-electron chi connectivity index (χ0n) is 12.7. The Kier molecular flexibility index (Phi) is 4.34. The van der Waals surface area contributed by atoms with E-state index < -0.39 is 0 Å². The molecule has 22 heavy (non-hydrogen) atoms. The van der Waals surface area contributed by atoms with Gasteiger partial charge in [0.15, 0.2) is 0 Å². The van der Waals surface area contributed by atoms with E-state index in [0.717, 1.165) is 33.4 Å². The monoisotopic (exact) mass is 352 g/mol. The van der Waals surface area contributed by atoms with E-state index in [1.54, 1.807) is 0 Å². The van der Waals surface area contributed by atoms with E-state index in [1.165, 1.54) is 11.1 Å². The Hall–Kier alpha value is -2.00. The van der Waals surface area contributed by atoms with Gasteiger partial charge in [-0.1, -0.05) is 36.4 Å². The first-order valence-corrected chi connectivity index (χ1v) is 8.05. The molecule has 3 heteroatoms. The van der Waals surface area contributed by atoms with Crippen LogP contribution in [0.25, 0.3) is 11.4 Å². The maximum atomic E-state index is 4.64. The first-order valence-electron chi connectivity index (χ1n) is 7.25. The molecule has 3 aromatic rings. The van der Waals surface area contributed by atoms with Gasteiger partial charge in [-0.3, -0.25) is 9.97 Å². The lowest BCUT2D eigenvalue weighted by Gasteiger charge is -2.11. The van der Waals surface area contributed by atoms with Crippen molar-refractivity contribution in [2.75, 3.05) is 0 Å². The van der Waals surface area contributed by atoms with Crippen LogP contribution in [0.5, 0.6) is 0 Å². The molecule has 2 heterocycles. The Morgan fingerprint density at radius 1 is 0.864 bits per heavy atom. The Morgan fingerprint density at radius 3 is 2.18 bits per heavy atom. The quantitative estimate of drug-likeness (QED) is 0.654. The Balaban J connectivity index is 2.08. The van der Waals surface area contributed by atoms with Crippen molar-refractivity contribution in [2.24, 2.45) is 0 Å². The summed E-state index contributed by atoms with van der Waals surface area (Å²) in [6.45, 7) is 4.11.